The summed E-state index contributed by atoms with van der Waals surface area (Å²) in [5.74, 6) is 1.81. The Morgan fingerprint density at radius 3 is 2.64 bits per heavy atom. The Morgan fingerprint density at radius 2 is 2.07 bits per heavy atom. The molecule has 3 nitrogen and oxygen atoms in total. The number of aryl methyl sites for hydroxylation is 2. The first kappa shape index (κ1) is 9.71. The number of piperidine rings is 1. The zero-order valence-corrected chi connectivity index (χ0v) is 9.06. The number of nitrogens with one attached hydrogen (secondary N) is 2. The summed E-state index contributed by atoms with van der Waals surface area (Å²) in [7, 11) is 0. The zero-order chi connectivity index (χ0) is 9.97. The molecule has 0 atom stereocenters. The number of aromatic amines is 1. The molecule has 2 heterocycles. The molecule has 1 aliphatic heterocycles. The van der Waals surface area contributed by atoms with Gasteiger partial charge >= 0.3 is 0 Å². The van der Waals surface area contributed by atoms with Crippen LogP contribution in [0.3, 0.4) is 0 Å². The maximum Gasteiger partial charge on any atom is 0.106 e. The van der Waals surface area contributed by atoms with Crippen LogP contribution < -0.4 is 5.32 Å². The summed E-state index contributed by atoms with van der Waals surface area (Å²) in [4.78, 5) is 8.03. The first-order chi connectivity index (χ1) is 6.81. The molecule has 14 heavy (non-hydrogen) atoms. The first-order valence-electron chi connectivity index (χ1n) is 5.57. The molecular formula is C11H19N3. The highest BCUT2D eigenvalue weighted by Crippen LogP contribution is 2.26. The Morgan fingerprint density at radius 1 is 1.36 bits per heavy atom. The largest absolute Gasteiger partial charge is 0.346 e. The van der Waals surface area contributed by atoms with E-state index in [-0.39, 0.29) is 0 Å². The van der Waals surface area contributed by atoms with Gasteiger partial charge in [-0.15, -0.1) is 0 Å². The van der Waals surface area contributed by atoms with Crippen LogP contribution in [-0.4, -0.2) is 23.1 Å². The molecule has 0 spiro atoms. The van der Waals surface area contributed by atoms with Gasteiger partial charge in [0, 0.05) is 18.0 Å². The molecule has 0 bridgehead atoms. The van der Waals surface area contributed by atoms with Crippen molar-refractivity contribution in [2.75, 3.05) is 13.1 Å². The second-order valence-corrected chi connectivity index (χ2v) is 4.07. The lowest BCUT2D eigenvalue weighted by Crippen LogP contribution is -2.27. The quantitative estimate of drug-likeness (QED) is 0.751. The van der Waals surface area contributed by atoms with Gasteiger partial charge in [-0.1, -0.05) is 6.92 Å². The van der Waals surface area contributed by atoms with Crippen molar-refractivity contribution in [2.24, 2.45) is 0 Å². The van der Waals surface area contributed by atoms with Crippen LogP contribution in [0.4, 0.5) is 0 Å². The number of hydrogen-bond acceptors (Lipinski definition) is 2. The summed E-state index contributed by atoms with van der Waals surface area (Å²) in [5.41, 5.74) is 2.58. The lowest BCUT2D eigenvalue weighted by molar-refractivity contribution is 0.452. The van der Waals surface area contributed by atoms with Gasteiger partial charge in [0.2, 0.25) is 0 Å². The highest BCUT2D eigenvalue weighted by Gasteiger charge is 2.19. The summed E-state index contributed by atoms with van der Waals surface area (Å²) in [6.07, 6.45) is 3.47. The second-order valence-electron chi connectivity index (χ2n) is 4.07. The lowest BCUT2D eigenvalue weighted by atomic mass is 9.94. The van der Waals surface area contributed by atoms with E-state index < -0.39 is 0 Å². The Labute approximate surface area is 85.3 Å². The third kappa shape index (κ3) is 1.82. The number of nitrogens with zero attached hydrogens (tertiary/aromatic N) is 1. The molecule has 1 aliphatic rings. The summed E-state index contributed by atoms with van der Waals surface area (Å²) >= 11 is 0. The molecule has 0 aromatic carbocycles. The minimum Gasteiger partial charge on any atom is -0.346 e. The third-order valence-corrected chi connectivity index (χ3v) is 3.03. The number of imidazole rings is 1. The van der Waals surface area contributed by atoms with Crippen molar-refractivity contribution in [1.82, 2.24) is 15.3 Å². The third-order valence-electron chi connectivity index (χ3n) is 3.03. The van der Waals surface area contributed by atoms with E-state index in [1.54, 1.807) is 0 Å². The van der Waals surface area contributed by atoms with Crippen molar-refractivity contribution in [3.8, 4) is 0 Å². The van der Waals surface area contributed by atoms with Gasteiger partial charge in [0.25, 0.3) is 0 Å². The normalized spacial score (nSPS) is 18.7. The molecule has 1 aromatic rings. The molecule has 0 unspecified atom stereocenters. The fourth-order valence-corrected chi connectivity index (χ4v) is 2.20. The highest BCUT2D eigenvalue weighted by molar-refractivity contribution is 5.18. The molecule has 1 saturated heterocycles. The molecular weight excluding hydrogens is 174 g/mol. The van der Waals surface area contributed by atoms with E-state index in [1.807, 2.05) is 0 Å². The Balaban J connectivity index is 2.17. The monoisotopic (exact) mass is 193 g/mol. The average molecular weight is 193 g/mol. The van der Waals surface area contributed by atoms with Gasteiger partial charge in [-0.2, -0.15) is 0 Å². The van der Waals surface area contributed by atoms with E-state index in [4.69, 9.17) is 0 Å². The predicted octanol–water partition coefficient (Wildman–Crippen LogP) is 1.75. The minimum absolute atomic E-state index is 0.674. The van der Waals surface area contributed by atoms with Crippen molar-refractivity contribution in [3.05, 3.63) is 17.2 Å². The maximum atomic E-state index is 4.67. The molecule has 2 rings (SSSR count). The van der Waals surface area contributed by atoms with Crippen molar-refractivity contribution in [2.45, 2.75) is 39.0 Å². The molecule has 0 aliphatic carbocycles. The molecule has 0 saturated carbocycles. The van der Waals surface area contributed by atoms with Gasteiger partial charge in [0.1, 0.15) is 5.82 Å². The molecule has 1 fully saturated rings. The van der Waals surface area contributed by atoms with E-state index in [0.717, 1.165) is 25.3 Å². The summed E-state index contributed by atoms with van der Waals surface area (Å²) in [6, 6.07) is 0. The fourth-order valence-electron chi connectivity index (χ4n) is 2.20. The maximum absolute atomic E-state index is 4.67. The second kappa shape index (κ2) is 4.13. The van der Waals surface area contributed by atoms with Crippen LogP contribution in [0, 0.1) is 6.92 Å². The molecule has 0 radical (unpaired) electrons. The number of aromatic nitrogens is 2. The molecule has 0 amide bonds. The summed E-state index contributed by atoms with van der Waals surface area (Å²) in [6.45, 7) is 6.56. The fraction of sp³-hybridized carbons (Fsp3) is 0.727. The van der Waals surface area contributed by atoms with Gasteiger partial charge < -0.3 is 10.3 Å². The molecule has 1 aromatic heterocycles. The summed E-state index contributed by atoms with van der Waals surface area (Å²) < 4.78 is 0. The van der Waals surface area contributed by atoms with E-state index in [2.05, 4.69) is 29.1 Å². The zero-order valence-electron chi connectivity index (χ0n) is 9.06. The van der Waals surface area contributed by atoms with E-state index >= 15 is 0 Å². The average Bonchev–Trinajstić information content (AvgIpc) is 2.61. The van der Waals surface area contributed by atoms with Crippen LogP contribution in [0.25, 0.3) is 0 Å². The molecule has 78 valence electrons. The van der Waals surface area contributed by atoms with Crippen LogP contribution in [0.15, 0.2) is 0 Å². The van der Waals surface area contributed by atoms with Gasteiger partial charge in [0.15, 0.2) is 0 Å². The van der Waals surface area contributed by atoms with Crippen molar-refractivity contribution in [3.63, 3.8) is 0 Å². The Bertz CT molecular complexity index is 297. The van der Waals surface area contributed by atoms with E-state index in [1.165, 1.54) is 24.2 Å². The van der Waals surface area contributed by atoms with Crippen LogP contribution in [-0.2, 0) is 6.42 Å². The Kier molecular flexibility index (Phi) is 2.87. The minimum atomic E-state index is 0.674. The van der Waals surface area contributed by atoms with Gasteiger partial charge in [-0.25, -0.2) is 4.98 Å². The lowest BCUT2D eigenvalue weighted by Gasteiger charge is -2.21. The topological polar surface area (TPSA) is 40.7 Å². The molecule has 3 heteroatoms. The molecule has 2 N–H and O–H groups in total. The van der Waals surface area contributed by atoms with Crippen molar-refractivity contribution >= 4 is 0 Å². The van der Waals surface area contributed by atoms with Crippen LogP contribution >= 0.6 is 0 Å². The smallest absolute Gasteiger partial charge is 0.106 e. The van der Waals surface area contributed by atoms with Gasteiger partial charge in [-0.05, 0) is 32.9 Å². The van der Waals surface area contributed by atoms with E-state index in [9.17, 15) is 0 Å². The number of hydrogen-bond donors (Lipinski definition) is 2. The van der Waals surface area contributed by atoms with Crippen molar-refractivity contribution < 1.29 is 0 Å². The standard InChI is InChI=1S/C11H19N3/c1-3-10-13-8(2)11(14-10)9-4-6-12-7-5-9/h9,12H,3-7H2,1-2H3,(H,13,14). The van der Waals surface area contributed by atoms with E-state index in [0.29, 0.717) is 5.92 Å². The summed E-state index contributed by atoms with van der Waals surface area (Å²) in [5, 5.41) is 3.39. The Hall–Kier alpha value is -0.830. The highest BCUT2D eigenvalue weighted by atomic mass is 14.9. The van der Waals surface area contributed by atoms with Crippen LogP contribution in [0.2, 0.25) is 0 Å². The first-order valence-corrected chi connectivity index (χ1v) is 5.57. The number of rotatable bonds is 2. The SMILES string of the molecule is CCc1nc(C2CCNCC2)c(C)[nH]1. The predicted molar refractivity (Wildman–Crippen MR) is 57.5 cm³/mol. The van der Waals surface area contributed by atoms with Gasteiger partial charge in [0.05, 0.1) is 5.69 Å². The van der Waals surface area contributed by atoms with Crippen LogP contribution in [0.5, 0.6) is 0 Å². The van der Waals surface area contributed by atoms with Gasteiger partial charge in [-0.3, -0.25) is 0 Å². The van der Waals surface area contributed by atoms with Crippen molar-refractivity contribution in [1.29, 1.82) is 0 Å². The number of H-pyrrole nitrogens is 1. The van der Waals surface area contributed by atoms with Crippen LogP contribution in [0.1, 0.15) is 42.9 Å².